The van der Waals surface area contributed by atoms with Gasteiger partial charge in [0.25, 0.3) is 0 Å². The Morgan fingerprint density at radius 1 is 1.00 bits per heavy atom. The lowest BCUT2D eigenvalue weighted by Gasteiger charge is -2.12. The SMILES string of the molecule is O=S([O-])Cc1ccc(C2=C(c3cc(Br)cc(Br)c3)CCC2)cc1F. The normalized spacial score (nSPS) is 15.8. The first kappa shape index (κ1) is 18.0. The average molecular weight is 473 g/mol. The predicted octanol–water partition coefficient (Wildman–Crippen LogP) is 5.82. The zero-order valence-corrected chi connectivity index (χ0v) is 16.6. The van der Waals surface area contributed by atoms with Gasteiger partial charge in [-0.25, -0.2) is 4.39 Å². The summed E-state index contributed by atoms with van der Waals surface area (Å²) in [5.41, 5.74) is 4.51. The van der Waals surface area contributed by atoms with E-state index in [1.165, 1.54) is 11.6 Å². The van der Waals surface area contributed by atoms with Crippen molar-refractivity contribution in [3.8, 4) is 0 Å². The molecule has 126 valence electrons. The Morgan fingerprint density at radius 3 is 2.21 bits per heavy atom. The molecule has 0 aromatic heterocycles. The van der Waals surface area contributed by atoms with E-state index in [2.05, 4.69) is 44.0 Å². The standard InChI is InChI=1S/C18H15Br2FO2S/c19-14-6-13(7-15(20)9-14)17-3-1-2-16(17)11-4-5-12(10-24(22)23)18(21)8-11/h4-9H,1-3,10H2,(H,22,23)/p-1. The number of rotatable bonds is 4. The molecule has 0 radical (unpaired) electrons. The summed E-state index contributed by atoms with van der Waals surface area (Å²) in [4.78, 5) is 0. The Bertz CT molecular complexity index is 829. The zero-order valence-electron chi connectivity index (χ0n) is 12.7. The molecule has 6 heteroatoms. The molecule has 0 N–H and O–H groups in total. The maximum Gasteiger partial charge on any atom is 0.127 e. The van der Waals surface area contributed by atoms with E-state index in [-0.39, 0.29) is 11.3 Å². The molecule has 1 atom stereocenters. The molecule has 1 aliphatic rings. The second kappa shape index (κ2) is 7.60. The van der Waals surface area contributed by atoms with E-state index in [0.29, 0.717) is 0 Å². The van der Waals surface area contributed by atoms with Crippen LogP contribution >= 0.6 is 31.9 Å². The van der Waals surface area contributed by atoms with E-state index in [1.807, 2.05) is 12.1 Å². The molecule has 0 aliphatic heterocycles. The number of halogens is 3. The summed E-state index contributed by atoms with van der Waals surface area (Å²) in [7, 11) is 0. The van der Waals surface area contributed by atoms with Gasteiger partial charge in [-0.2, -0.15) is 0 Å². The fourth-order valence-corrected chi connectivity index (χ4v) is 4.87. The van der Waals surface area contributed by atoms with Crippen molar-refractivity contribution in [1.82, 2.24) is 0 Å². The number of hydrogen-bond donors (Lipinski definition) is 0. The Kier molecular flexibility index (Phi) is 5.70. The smallest absolute Gasteiger partial charge is 0.127 e. The highest BCUT2D eigenvalue weighted by Gasteiger charge is 2.19. The molecule has 0 fully saturated rings. The van der Waals surface area contributed by atoms with Gasteiger partial charge in [-0.15, -0.1) is 0 Å². The molecule has 2 aromatic rings. The van der Waals surface area contributed by atoms with Crippen LogP contribution in [0.3, 0.4) is 0 Å². The second-order valence-corrected chi connectivity index (χ2v) is 8.45. The van der Waals surface area contributed by atoms with Crippen molar-refractivity contribution in [2.24, 2.45) is 0 Å². The molecule has 3 rings (SSSR count). The molecular formula is C18H14Br2FO2S-. The van der Waals surface area contributed by atoms with Gasteiger partial charge in [-0.1, -0.05) is 55.1 Å². The molecule has 0 saturated heterocycles. The van der Waals surface area contributed by atoms with Crippen LogP contribution in [0.4, 0.5) is 4.39 Å². The van der Waals surface area contributed by atoms with Gasteiger partial charge >= 0.3 is 0 Å². The van der Waals surface area contributed by atoms with Gasteiger partial charge in [0.1, 0.15) is 5.82 Å². The summed E-state index contributed by atoms with van der Waals surface area (Å²) >= 11 is 4.73. The molecule has 1 aliphatic carbocycles. The predicted molar refractivity (Wildman–Crippen MR) is 102 cm³/mol. The number of allylic oxidation sites excluding steroid dienone is 2. The van der Waals surface area contributed by atoms with Crippen LogP contribution in [-0.2, 0) is 16.8 Å². The topological polar surface area (TPSA) is 40.1 Å². The van der Waals surface area contributed by atoms with Gasteiger partial charge in [0.2, 0.25) is 0 Å². The minimum Gasteiger partial charge on any atom is -0.772 e. The van der Waals surface area contributed by atoms with E-state index in [9.17, 15) is 13.2 Å². The summed E-state index contributed by atoms with van der Waals surface area (Å²) in [5, 5.41) is 0. The number of benzene rings is 2. The van der Waals surface area contributed by atoms with Gasteiger partial charge < -0.3 is 4.55 Å². The third-order valence-corrected chi connectivity index (χ3v) is 5.57. The fourth-order valence-electron chi connectivity index (χ4n) is 3.09. The molecule has 24 heavy (non-hydrogen) atoms. The molecule has 0 heterocycles. The van der Waals surface area contributed by atoms with Crippen LogP contribution in [0.1, 0.15) is 36.0 Å². The van der Waals surface area contributed by atoms with E-state index in [4.69, 9.17) is 0 Å². The van der Waals surface area contributed by atoms with Crippen LogP contribution < -0.4 is 0 Å². The van der Waals surface area contributed by atoms with Crippen molar-refractivity contribution in [3.05, 3.63) is 67.9 Å². The van der Waals surface area contributed by atoms with E-state index < -0.39 is 16.9 Å². The maximum absolute atomic E-state index is 14.2. The Labute approximate surface area is 159 Å². The van der Waals surface area contributed by atoms with Crippen LogP contribution in [0.25, 0.3) is 11.1 Å². The van der Waals surface area contributed by atoms with Crippen LogP contribution in [-0.4, -0.2) is 8.76 Å². The summed E-state index contributed by atoms with van der Waals surface area (Å²) in [6.45, 7) is 0. The molecular weight excluding hydrogens is 459 g/mol. The van der Waals surface area contributed by atoms with Gasteiger partial charge in [0.15, 0.2) is 0 Å². The van der Waals surface area contributed by atoms with Crippen molar-refractivity contribution in [2.45, 2.75) is 25.0 Å². The van der Waals surface area contributed by atoms with Crippen LogP contribution in [0.15, 0.2) is 45.3 Å². The van der Waals surface area contributed by atoms with Crippen LogP contribution in [0.2, 0.25) is 0 Å². The van der Waals surface area contributed by atoms with Crippen LogP contribution in [0, 0.1) is 5.82 Å². The Hall–Kier alpha value is -0.820. The third-order valence-electron chi connectivity index (χ3n) is 4.10. The van der Waals surface area contributed by atoms with Crippen molar-refractivity contribution in [2.75, 3.05) is 0 Å². The molecule has 0 spiro atoms. The molecule has 2 aromatic carbocycles. The van der Waals surface area contributed by atoms with Crippen LogP contribution in [0.5, 0.6) is 0 Å². The highest BCUT2D eigenvalue weighted by Crippen LogP contribution is 2.41. The molecule has 1 unspecified atom stereocenters. The highest BCUT2D eigenvalue weighted by molar-refractivity contribution is 9.11. The van der Waals surface area contributed by atoms with Gasteiger partial charge in [-0.05, 0) is 71.4 Å². The first-order valence-corrected chi connectivity index (χ1v) is 10.3. The highest BCUT2D eigenvalue weighted by atomic mass is 79.9. The van der Waals surface area contributed by atoms with Gasteiger partial charge in [0.05, 0.1) is 0 Å². The summed E-state index contributed by atoms with van der Waals surface area (Å²) in [6.07, 6.45) is 2.88. The zero-order chi connectivity index (χ0) is 17.3. The first-order valence-electron chi connectivity index (χ1n) is 7.47. The lowest BCUT2D eigenvalue weighted by atomic mass is 9.96. The monoisotopic (exact) mass is 471 g/mol. The van der Waals surface area contributed by atoms with E-state index >= 15 is 0 Å². The van der Waals surface area contributed by atoms with E-state index in [0.717, 1.165) is 44.9 Å². The lowest BCUT2D eigenvalue weighted by Crippen LogP contribution is -1.98. The third kappa shape index (κ3) is 4.04. The molecule has 2 nitrogen and oxygen atoms in total. The molecule has 0 saturated carbocycles. The summed E-state index contributed by atoms with van der Waals surface area (Å²) in [5.74, 6) is -0.762. The average Bonchev–Trinajstić information content (AvgIpc) is 2.97. The summed E-state index contributed by atoms with van der Waals surface area (Å²) < 4.78 is 37.7. The molecule has 0 amide bonds. The Morgan fingerprint density at radius 2 is 1.62 bits per heavy atom. The fraction of sp³-hybridized carbons (Fsp3) is 0.222. The van der Waals surface area contributed by atoms with Gasteiger partial charge in [-0.3, -0.25) is 4.21 Å². The second-order valence-electron chi connectivity index (χ2n) is 5.72. The van der Waals surface area contributed by atoms with Crippen molar-refractivity contribution in [1.29, 1.82) is 0 Å². The minimum atomic E-state index is -2.29. The van der Waals surface area contributed by atoms with E-state index in [1.54, 1.807) is 6.07 Å². The lowest BCUT2D eigenvalue weighted by molar-refractivity contribution is 0.533. The van der Waals surface area contributed by atoms with Crippen molar-refractivity contribution < 1.29 is 13.2 Å². The van der Waals surface area contributed by atoms with Crippen molar-refractivity contribution >= 4 is 54.1 Å². The van der Waals surface area contributed by atoms with Crippen molar-refractivity contribution in [3.63, 3.8) is 0 Å². The maximum atomic E-state index is 14.2. The number of hydrogen-bond acceptors (Lipinski definition) is 2. The van der Waals surface area contributed by atoms with Gasteiger partial charge in [0, 0.05) is 14.7 Å². The Balaban J connectivity index is 2.03. The summed E-state index contributed by atoms with van der Waals surface area (Å²) in [6, 6.07) is 11.0. The largest absolute Gasteiger partial charge is 0.772 e. The quantitative estimate of drug-likeness (QED) is 0.525. The molecule has 0 bridgehead atoms. The first-order chi connectivity index (χ1) is 11.4. The minimum absolute atomic E-state index is 0.206.